The van der Waals surface area contributed by atoms with E-state index in [0.29, 0.717) is 45.2 Å². The number of H-pyrrole nitrogens is 1. The number of aromatic amines is 1. The van der Waals surface area contributed by atoms with E-state index in [-0.39, 0.29) is 12.2 Å². The molecule has 0 atom stereocenters. The van der Waals surface area contributed by atoms with Gasteiger partial charge in [-0.3, -0.25) is 0 Å². The number of nitrogens with one attached hydrogen (secondary N) is 1. The molecule has 134 valence electrons. The highest BCUT2D eigenvalue weighted by molar-refractivity contribution is 5.99. The zero-order valence-corrected chi connectivity index (χ0v) is 14.7. The molecule has 7 nitrogen and oxygen atoms in total. The average molecular weight is 346 g/mol. The summed E-state index contributed by atoms with van der Waals surface area (Å²) in [5, 5.41) is 9.52. The standard InChI is InChI=1S/C18H22N2O5/c1-9(2)13-14(11(8-19)20-15(13)18(21)22)10-6-7-12(23-3)17(25-5)16(10)24-4/h6-7,20H,1,8,19H2,2-5H3,(H,21,22). The molecule has 1 aromatic carbocycles. The predicted octanol–water partition coefficient (Wildman–Crippen LogP) is 2.90. The molecule has 0 fully saturated rings. The van der Waals surface area contributed by atoms with E-state index in [1.165, 1.54) is 21.3 Å². The predicted molar refractivity (Wildman–Crippen MR) is 95.4 cm³/mol. The summed E-state index contributed by atoms with van der Waals surface area (Å²) in [5.41, 5.74) is 8.80. The van der Waals surface area contributed by atoms with Crippen LogP contribution in [0, 0.1) is 0 Å². The van der Waals surface area contributed by atoms with Gasteiger partial charge in [-0.1, -0.05) is 6.58 Å². The average Bonchev–Trinajstić information content (AvgIpc) is 3.00. The van der Waals surface area contributed by atoms with Crippen molar-refractivity contribution in [2.75, 3.05) is 21.3 Å². The first kappa shape index (κ1) is 18.4. The normalized spacial score (nSPS) is 10.4. The minimum Gasteiger partial charge on any atom is -0.493 e. The summed E-state index contributed by atoms with van der Waals surface area (Å²) in [7, 11) is 4.54. The number of ether oxygens (including phenoxy) is 3. The summed E-state index contributed by atoms with van der Waals surface area (Å²) in [5.74, 6) is 0.257. The summed E-state index contributed by atoms with van der Waals surface area (Å²) in [6.45, 7) is 5.78. The Morgan fingerprint density at radius 1 is 1.20 bits per heavy atom. The number of aromatic carboxylic acids is 1. The SMILES string of the molecule is C=C(C)c1c(C(=O)O)[nH]c(CN)c1-c1ccc(OC)c(OC)c1OC. The van der Waals surface area contributed by atoms with Crippen LogP contribution in [-0.2, 0) is 6.54 Å². The van der Waals surface area contributed by atoms with Crippen molar-refractivity contribution >= 4 is 11.5 Å². The molecule has 7 heteroatoms. The van der Waals surface area contributed by atoms with E-state index in [4.69, 9.17) is 19.9 Å². The highest BCUT2D eigenvalue weighted by atomic mass is 16.5. The number of benzene rings is 1. The van der Waals surface area contributed by atoms with Crippen LogP contribution in [0.15, 0.2) is 18.7 Å². The van der Waals surface area contributed by atoms with Crippen LogP contribution in [0.25, 0.3) is 16.7 Å². The van der Waals surface area contributed by atoms with E-state index >= 15 is 0 Å². The molecule has 2 aromatic rings. The number of methoxy groups -OCH3 is 3. The lowest BCUT2D eigenvalue weighted by Crippen LogP contribution is -2.01. The first-order valence-electron chi connectivity index (χ1n) is 7.54. The molecule has 4 N–H and O–H groups in total. The molecule has 1 aromatic heterocycles. The molecule has 1 heterocycles. The number of carboxylic acids is 1. The largest absolute Gasteiger partial charge is 0.493 e. The van der Waals surface area contributed by atoms with Gasteiger partial charge in [0.05, 0.1) is 21.3 Å². The van der Waals surface area contributed by atoms with Gasteiger partial charge in [0.1, 0.15) is 5.69 Å². The summed E-state index contributed by atoms with van der Waals surface area (Å²) >= 11 is 0. The lowest BCUT2D eigenvalue weighted by atomic mass is 9.94. The third kappa shape index (κ3) is 3.06. The van der Waals surface area contributed by atoms with Gasteiger partial charge in [-0.2, -0.15) is 0 Å². The second-order valence-corrected chi connectivity index (χ2v) is 5.40. The monoisotopic (exact) mass is 346 g/mol. The molecule has 0 saturated carbocycles. The lowest BCUT2D eigenvalue weighted by molar-refractivity contribution is 0.0690. The molecule has 0 bridgehead atoms. The van der Waals surface area contributed by atoms with Crippen LogP contribution < -0.4 is 19.9 Å². The van der Waals surface area contributed by atoms with Crippen LogP contribution in [0.5, 0.6) is 17.2 Å². The van der Waals surface area contributed by atoms with E-state index in [9.17, 15) is 9.90 Å². The number of hydrogen-bond acceptors (Lipinski definition) is 5. The van der Waals surface area contributed by atoms with Crippen molar-refractivity contribution in [1.82, 2.24) is 4.98 Å². The van der Waals surface area contributed by atoms with Crippen molar-refractivity contribution < 1.29 is 24.1 Å². The van der Waals surface area contributed by atoms with Gasteiger partial charge >= 0.3 is 5.97 Å². The second kappa shape index (κ2) is 7.31. The minimum atomic E-state index is -1.08. The Morgan fingerprint density at radius 2 is 1.84 bits per heavy atom. The van der Waals surface area contributed by atoms with E-state index in [0.717, 1.165) is 0 Å². The summed E-state index contributed by atoms with van der Waals surface area (Å²) in [6.07, 6.45) is 0. The van der Waals surface area contributed by atoms with Gasteiger partial charge in [-0.15, -0.1) is 0 Å². The molecule has 0 spiro atoms. The smallest absolute Gasteiger partial charge is 0.352 e. The van der Waals surface area contributed by atoms with Crippen molar-refractivity contribution in [2.45, 2.75) is 13.5 Å². The molecule has 0 saturated heterocycles. The highest BCUT2D eigenvalue weighted by Crippen LogP contribution is 2.47. The first-order chi connectivity index (χ1) is 11.9. The topological polar surface area (TPSA) is 107 Å². The van der Waals surface area contributed by atoms with Gasteiger partial charge in [0.15, 0.2) is 11.5 Å². The van der Waals surface area contributed by atoms with Gasteiger partial charge in [0.25, 0.3) is 0 Å². The van der Waals surface area contributed by atoms with Crippen LogP contribution >= 0.6 is 0 Å². The van der Waals surface area contributed by atoms with Crippen LogP contribution in [0.4, 0.5) is 0 Å². The Hall–Kier alpha value is -2.93. The van der Waals surface area contributed by atoms with E-state index in [2.05, 4.69) is 11.6 Å². The summed E-state index contributed by atoms with van der Waals surface area (Å²) in [4.78, 5) is 14.5. The first-order valence-corrected chi connectivity index (χ1v) is 7.54. The summed E-state index contributed by atoms with van der Waals surface area (Å²) < 4.78 is 16.2. The number of rotatable bonds is 7. The quantitative estimate of drug-likeness (QED) is 0.712. The number of hydrogen-bond donors (Lipinski definition) is 3. The Morgan fingerprint density at radius 3 is 2.28 bits per heavy atom. The Kier molecular flexibility index (Phi) is 5.38. The van der Waals surface area contributed by atoms with Gasteiger partial charge in [0, 0.05) is 28.9 Å². The van der Waals surface area contributed by atoms with Gasteiger partial charge in [0.2, 0.25) is 5.75 Å². The van der Waals surface area contributed by atoms with Crippen molar-refractivity contribution in [2.24, 2.45) is 5.73 Å². The molecule has 0 aliphatic carbocycles. The van der Waals surface area contributed by atoms with Crippen molar-refractivity contribution in [3.8, 4) is 28.4 Å². The molecule has 0 amide bonds. The number of aromatic nitrogens is 1. The summed E-state index contributed by atoms with van der Waals surface area (Å²) in [6, 6.07) is 3.51. The number of allylic oxidation sites excluding steroid dienone is 1. The molecule has 0 unspecified atom stereocenters. The fourth-order valence-electron chi connectivity index (χ4n) is 2.89. The Balaban J connectivity index is 2.91. The van der Waals surface area contributed by atoms with Crippen molar-refractivity contribution in [3.63, 3.8) is 0 Å². The molecule has 25 heavy (non-hydrogen) atoms. The third-order valence-corrected chi connectivity index (χ3v) is 3.90. The van der Waals surface area contributed by atoms with E-state index in [1.807, 2.05) is 0 Å². The lowest BCUT2D eigenvalue weighted by Gasteiger charge is -2.17. The van der Waals surface area contributed by atoms with Gasteiger partial charge < -0.3 is 30.0 Å². The third-order valence-electron chi connectivity index (χ3n) is 3.90. The van der Waals surface area contributed by atoms with Gasteiger partial charge in [-0.25, -0.2) is 4.79 Å². The van der Waals surface area contributed by atoms with Crippen LogP contribution in [-0.4, -0.2) is 37.4 Å². The number of nitrogens with two attached hydrogens (primary N) is 1. The molecular weight excluding hydrogens is 324 g/mol. The van der Waals surface area contributed by atoms with Crippen molar-refractivity contribution in [3.05, 3.63) is 35.7 Å². The molecule has 0 aliphatic heterocycles. The maximum Gasteiger partial charge on any atom is 0.352 e. The fourth-order valence-corrected chi connectivity index (χ4v) is 2.89. The maximum atomic E-state index is 11.6. The van der Waals surface area contributed by atoms with Crippen LogP contribution in [0.2, 0.25) is 0 Å². The van der Waals surface area contributed by atoms with Crippen LogP contribution in [0.3, 0.4) is 0 Å². The maximum absolute atomic E-state index is 11.6. The fraction of sp³-hybridized carbons (Fsp3) is 0.278. The zero-order valence-electron chi connectivity index (χ0n) is 14.7. The minimum absolute atomic E-state index is 0.0415. The number of carboxylic acid groups (broad SMARTS) is 1. The Bertz CT molecular complexity index is 823. The zero-order chi connectivity index (χ0) is 18.7. The van der Waals surface area contributed by atoms with Crippen LogP contribution in [0.1, 0.15) is 28.7 Å². The number of carbonyl (C=O) groups is 1. The van der Waals surface area contributed by atoms with E-state index < -0.39 is 5.97 Å². The second-order valence-electron chi connectivity index (χ2n) is 5.40. The molecule has 0 radical (unpaired) electrons. The molecule has 2 rings (SSSR count). The van der Waals surface area contributed by atoms with E-state index in [1.54, 1.807) is 19.1 Å². The highest BCUT2D eigenvalue weighted by Gasteiger charge is 2.27. The Labute approximate surface area is 146 Å². The molecule has 0 aliphatic rings. The molecular formula is C18H22N2O5. The van der Waals surface area contributed by atoms with Gasteiger partial charge in [-0.05, 0) is 24.6 Å². The van der Waals surface area contributed by atoms with Crippen molar-refractivity contribution in [1.29, 1.82) is 0 Å².